The summed E-state index contributed by atoms with van der Waals surface area (Å²) in [5.41, 5.74) is 2.23. The Hall–Kier alpha value is -2.50. The van der Waals surface area contributed by atoms with E-state index < -0.39 is 0 Å². The number of hydrogen-bond donors (Lipinski definition) is 1. The second-order valence-electron chi connectivity index (χ2n) is 7.47. The third-order valence-electron chi connectivity index (χ3n) is 4.73. The fourth-order valence-electron chi connectivity index (χ4n) is 2.78. The van der Waals surface area contributed by atoms with Crippen molar-refractivity contribution < 1.29 is 14.3 Å². The molecule has 0 radical (unpaired) electrons. The molecule has 32 heavy (non-hydrogen) atoms. The van der Waals surface area contributed by atoms with Gasteiger partial charge >= 0.3 is 0 Å². The first-order valence-electron chi connectivity index (χ1n) is 11.1. The lowest BCUT2D eigenvalue weighted by Crippen LogP contribution is -2.55. The lowest BCUT2D eigenvalue weighted by molar-refractivity contribution is -0.104. The first-order chi connectivity index (χ1) is 15.1. The van der Waals surface area contributed by atoms with Gasteiger partial charge in [-0.05, 0) is 64.6 Å². The lowest BCUT2D eigenvalue weighted by Gasteiger charge is -2.42. The molecule has 0 bridgehead atoms. The highest BCUT2D eigenvalue weighted by Crippen LogP contribution is 2.15. The predicted molar refractivity (Wildman–Crippen MR) is 137 cm³/mol. The van der Waals surface area contributed by atoms with Crippen LogP contribution in [-0.4, -0.2) is 60.0 Å². The van der Waals surface area contributed by atoms with Crippen molar-refractivity contribution >= 4 is 6.29 Å². The number of aldehydes is 1. The Morgan fingerprint density at radius 2 is 1.66 bits per heavy atom. The van der Waals surface area contributed by atoms with Gasteiger partial charge in [0.25, 0.3) is 0 Å². The molecule has 1 aliphatic heterocycles. The van der Waals surface area contributed by atoms with Gasteiger partial charge in [0.1, 0.15) is 12.0 Å². The number of likely N-dealkylation sites (N-methyl/N-ethyl adjacent to an activating group) is 1. The van der Waals surface area contributed by atoms with Gasteiger partial charge in [0.05, 0.1) is 5.83 Å². The van der Waals surface area contributed by atoms with Crippen LogP contribution in [0.1, 0.15) is 40.2 Å². The molecule has 0 saturated carbocycles. The summed E-state index contributed by atoms with van der Waals surface area (Å²) in [6.45, 7) is 21.8. The molecule has 2 rings (SSSR count). The van der Waals surface area contributed by atoms with E-state index in [4.69, 9.17) is 9.90 Å². The van der Waals surface area contributed by atoms with E-state index in [9.17, 15) is 4.39 Å². The highest BCUT2D eigenvalue weighted by atomic mass is 19.1. The maximum atomic E-state index is 12.7. The van der Waals surface area contributed by atoms with Gasteiger partial charge in [0.15, 0.2) is 0 Å². The van der Waals surface area contributed by atoms with E-state index in [1.807, 2.05) is 45.1 Å². The molecule has 0 aromatic heterocycles. The Labute approximate surface area is 195 Å². The van der Waals surface area contributed by atoms with Crippen molar-refractivity contribution in [3.63, 3.8) is 0 Å². The van der Waals surface area contributed by atoms with Crippen LogP contribution in [0.4, 0.5) is 4.39 Å². The second kappa shape index (κ2) is 19.2. The average molecular weight is 447 g/mol. The Balaban J connectivity index is 0. The standard InChI is InChI=1S/C15H25FN2.C7H8O.C3H4O.C2H6/c1-6-15(8-7-12(2)16)11-18-10-13(3)17(5)9-14(18)4;1-6-2-4-7(8)5-3-6;1-2-3-4;1-2/h6-8,13-14H,1,9-11H2,2-5H3;2-5,8H,1H3;2-3H,1H2;1-2H3/b12-7+,15-8+;;;/t13-,14?;;;/m0.../s1. The number of carbonyl (C=O) groups is 1. The van der Waals surface area contributed by atoms with Crippen LogP contribution in [-0.2, 0) is 4.79 Å². The van der Waals surface area contributed by atoms with E-state index in [1.54, 1.807) is 12.1 Å². The summed E-state index contributed by atoms with van der Waals surface area (Å²) < 4.78 is 12.7. The van der Waals surface area contributed by atoms with E-state index in [2.05, 4.69) is 43.9 Å². The first kappa shape index (κ1) is 31.7. The summed E-state index contributed by atoms with van der Waals surface area (Å²) in [5, 5.41) is 8.76. The minimum atomic E-state index is -0.172. The SMILES string of the molecule is C=C/C(=C\C=C(/C)F)CN1C[C@H](C)N(C)CC1C.C=CC=O.CC.Cc1ccc(O)cc1. The van der Waals surface area contributed by atoms with Crippen molar-refractivity contribution in [1.82, 2.24) is 9.80 Å². The van der Waals surface area contributed by atoms with Crippen molar-refractivity contribution in [2.75, 3.05) is 26.7 Å². The van der Waals surface area contributed by atoms with Gasteiger partial charge in [-0.15, -0.1) is 0 Å². The Kier molecular flexibility index (Phi) is 19.0. The molecule has 5 heteroatoms. The Morgan fingerprint density at radius 1 is 1.12 bits per heavy atom. The smallest absolute Gasteiger partial charge is 0.142 e. The highest BCUT2D eigenvalue weighted by Gasteiger charge is 2.26. The van der Waals surface area contributed by atoms with Crippen LogP contribution in [0.2, 0.25) is 0 Å². The van der Waals surface area contributed by atoms with Crippen molar-refractivity contribution in [1.29, 1.82) is 0 Å². The molecule has 180 valence electrons. The molecule has 0 amide bonds. The number of hydrogen-bond acceptors (Lipinski definition) is 4. The van der Waals surface area contributed by atoms with Crippen LogP contribution in [0, 0.1) is 6.92 Å². The summed E-state index contributed by atoms with van der Waals surface area (Å²) in [6.07, 6.45) is 6.97. The topological polar surface area (TPSA) is 43.8 Å². The van der Waals surface area contributed by atoms with Crippen molar-refractivity contribution in [3.05, 3.63) is 78.7 Å². The van der Waals surface area contributed by atoms with E-state index in [-0.39, 0.29) is 5.83 Å². The number of aromatic hydroxyl groups is 1. The zero-order valence-electron chi connectivity index (χ0n) is 21.0. The van der Waals surface area contributed by atoms with Gasteiger partial charge in [-0.3, -0.25) is 9.69 Å². The number of carbonyl (C=O) groups excluding carboxylic acids is 1. The average Bonchev–Trinajstić information content (AvgIpc) is 2.78. The largest absolute Gasteiger partial charge is 0.508 e. The van der Waals surface area contributed by atoms with E-state index in [0.29, 0.717) is 24.1 Å². The van der Waals surface area contributed by atoms with Crippen LogP contribution >= 0.6 is 0 Å². The van der Waals surface area contributed by atoms with Gasteiger partial charge in [-0.25, -0.2) is 4.39 Å². The molecule has 1 heterocycles. The number of phenols is 1. The summed E-state index contributed by atoms with van der Waals surface area (Å²) in [7, 11) is 2.16. The summed E-state index contributed by atoms with van der Waals surface area (Å²) in [6, 6.07) is 8.17. The van der Waals surface area contributed by atoms with Crippen LogP contribution in [0.3, 0.4) is 0 Å². The van der Waals surface area contributed by atoms with Gasteiger partial charge in [0, 0.05) is 31.7 Å². The van der Waals surface area contributed by atoms with E-state index in [1.165, 1.54) is 24.6 Å². The van der Waals surface area contributed by atoms with Crippen molar-refractivity contribution in [3.8, 4) is 5.75 Å². The quantitative estimate of drug-likeness (QED) is 0.337. The number of rotatable bonds is 5. The van der Waals surface area contributed by atoms with Crippen LogP contribution in [0.5, 0.6) is 5.75 Å². The molecule has 1 aromatic carbocycles. The maximum absolute atomic E-state index is 12.7. The molecular formula is C27H43FN2O2. The molecule has 1 N–H and O–H groups in total. The third-order valence-corrected chi connectivity index (χ3v) is 4.73. The van der Waals surface area contributed by atoms with E-state index >= 15 is 0 Å². The fraction of sp³-hybridized carbons (Fsp3) is 0.444. The molecule has 2 atom stereocenters. The molecular weight excluding hydrogens is 403 g/mol. The third kappa shape index (κ3) is 15.3. The number of piperazine rings is 1. The monoisotopic (exact) mass is 446 g/mol. The molecule has 1 aromatic rings. The Morgan fingerprint density at radius 3 is 2.06 bits per heavy atom. The predicted octanol–water partition coefficient (Wildman–Crippen LogP) is 6.09. The number of aryl methyl sites for hydroxylation is 1. The van der Waals surface area contributed by atoms with E-state index in [0.717, 1.165) is 25.2 Å². The lowest BCUT2D eigenvalue weighted by atomic mass is 10.1. The first-order valence-corrected chi connectivity index (χ1v) is 11.1. The van der Waals surface area contributed by atoms with Crippen molar-refractivity contribution in [2.24, 2.45) is 0 Å². The van der Waals surface area contributed by atoms with Crippen LogP contribution in [0.25, 0.3) is 0 Å². The van der Waals surface area contributed by atoms with Crippen LogP contribution < -0.4 is 0 Å². The molecule has 1 unspecified atom stereocenters. The number of allylic oxidation sites excluding steroid dienone is 4. The molecule has 4 nitrogen and oxygen atoms in total. The van der Waals surface area contributed by atoms with Gasteiger partial charge in [-0.2, -0.15) is 0 Å². The fourth-order valence-corrected chi connectivity index (χ4v) is 2.78. The van der Waals surface area contributed by atoms with Gasteiger partial charge < -0.3 is 10.0 Å². The normalized spacial score (nSPS) is 19.1. The number of nitrogens with zero attached hydrogens (tertiary/aromatic N) is 2. The molecule has 0 aliphatic carbocycles. The zero-order chi connectivity index (χ0) is 25.1. The summed E-state index contributed by atoms with van der Waals surface area (Å²) in [4.78, 5) is 13.9. The van der Waals surface area contributed by atoms with Crippen molar-refractivity contribution in [2.45, 2.75) is 53.6 Å². The summed E-state index contributed by atoms with van der Waals surface area (Å²) >= 11 is 0. The minimum Gasteiger partial charge on any atom is -0.508 e. The Bertz CT molecular complexity index is 680. The molecule has 0 spiro atoms. The van der Waals surface area contributed by atoms with Gasteiger partial charge in [-0.1, -0.05) is 56.9 Å². The highest BCUT2D eigenvalue weighted by molar-refractivity contribution is 5.63. The molecule has 1 fully saturated rings. The minimum absolute atomic E-state index is 0.172. The number of halogens is 1. The second-order valence-corrected chi connectivity index (χ2v) is 7.47. The molecule has 1 aliphatic rings. The van der Waals surface area contributed by atoms with Crippen LogP contribution in [0.15, 0.2) is 73.1 Å². The number of benzene rings is 1. The van der Waals surface area contributed by atoms with Gasteiger partial charge in [0.2, 0.25) is 0 Å². The molecule has 1 saturated heterocycles. The summed E-state index contributed by atoms with van der Waals surface area (Å²) in [5.74, 6) is 0.157. The zero-order valence-corrected chi connectivity index (χ0v) is 21.0. The maximum Gasteiger partial charge on any atom is 0.142 e. The number of phenolic OH excluding ortho intramolecular Hbond substituents is 1.